The fourth-order valence-electron chi connectivity index (χ4n) is 7.25. The van der Waals surface area contributed by atoms with Gasteiger partial charge in [-0.15, -0.1) is 0 Å². The van der Waals surface area contributed by atoms with Crippen molar-refractivity contribution in [3.63, 3.8) is 0 Å². The number of hydrogen-bond acceptors (Lipinski definition) is 5. The van der Waals surface area contributed by atoms with Crippen LogP contribution in [0.5, 0.6) is 0 Å². The fraction of sp³-hybridized carbons (Fsp3) is 0.846. The molecule has 35 heavy (non-hydrogen) atoms. The molecule has 7 atom stereocenters. The van der Waals surface area contributed by atoms with E-state index in [0.29, 0.717) is 12.8 Å². The second kappa shape index (κ2) is 7.79. The van der Waals surface area contributed by atoms with Crippen LogP contribution in [0.25, 0.3) is 0 Å². The predicted octanol–water partition coefficient (Wildman–Crippen LogP) is 2.97. The third-order valence-electron chi connectivity index (χ3n) is 9.99. The third-order valence-corrected chi connectivity index (χ3v) is 14.5. The minimum absolute atomic E-state index is 0.0152. The molecule has 0 aromatic carbocycles. The van der Waals surface area contributed by atoms with Gasteiger partial charge in [0, 0.05) is 6.04 Å². The number of rotatable bonds is 5. The lowest BCUT2D eigenvalue weighted by Gasteiger charge is -2.54. The number of ether oxygens (including phenoxy) is 1. The van der Waals surface area contributed by atoms with Crippen LogP contribution in [0.3, 0.4) is 0 Å². The molecule has 1 spiro atoms. The number of epoxide rings is 1. The highest BCUT2D eigenvalue weighted by atomic mass is 28.4. The average Bonchev–Trinajstić information content (AvgIpc) is 3.35. The lowest BCUT2D eigenvalue weighted by Crippen LogP contribution is -2.74. The van der Waals surface area contributed by atoms with E-state index in [4.69, 9.17) is 9.16 Å². The van der Waals surface area contributed by atoms with Gasteiger partial charge in [0.15, 0.2) is 8.32 Å². The standard InChI is InChI=1S/C26H43N3O5Si/c1-15(2)27-22(32)29-25-11-8-9-16(25)13-24(14-30)17(34-35(6,7)23(3,4)5)10-12-26(24)20-19(33-20)18(25)21(31)28-26/h13,15,17-20,30H,8-12,14H2,1-7H3,(H,28,31)(H2,27,29,32)/b16-13-/t17-,18+,19+,20+,24+,25+,26+/m0/s1. The fourth-order valence-corrected chi connectivity index (χ4v) is 8.65. The van der Waals surface area contributed by atoms with Gasteiger partial charge in [0.05, 0.1) is 35.1 Å². The van der Waals surface area contributed by atoms with Gasteiger partial charge >= 0.3 is 6.03 Å². The Labute approximate surface area is 210 Å². The number of fused-ring (bicyclic) bond motifs is 1. The second-order valence-electron chi connectivity index (χ2n) is 13.3. The van der Waals surface area contributed by atoms with Gasteiger partial charge in [-0.05, 0) is 69.7 Å². The van der Waals surface area contributed by atoms with Crippen LogP contribution >= 0.6 is 0 Å². The zero-order chi connectivity index (χ0) is 25.6. The van der Waals surface area contributed by atoms with E-state index in [9.17, 15) is 14.7 Å². The van der Waals surface area contributed by atoms with Crippen molar-refractivity contribution in [2.24, 2.45) is 11.3 Å². The Bertz CT molecular complexity index is 961. The Morgan fingerprint density at radius 1 is 1.34 bits per heavy atom. The number of amides is 3. The van der Waals surface area contributed by atoms with E-state index in [1.807, 2.05) is 13.8 Å². The van der Waals surface area contributed by atoms with Gasteiger partial charge in [0.1, 0.15) is 12.2 Å². The monoisotopic (exact) mass is 505 g/mol. The normalized spacial score (nSPS) is 43.3. The number of carbonyl (C=O) groups excluding carboxylic acids is 2. The quantitative estimate of drug-likeness (QED) is 0.261. The zero-order valence-electron chi connectivity index (χ0n) is 22.3. The molecule has 3 aliphatic carbocycles. The van der Waals surface area contributed by atoms with E-state index in [1.165, 1.54) is 0 Å². The Morgan fingerprint density at radius 3 is 2.69 bits per heavy atom. The molecule has 3 amide bonds. The Balaban J connectivity index is 1.65. The van der Waals surface area contributed by atoms with Crippen LogP contribution in [0, 0.1) is 11.3 Å². The molecule has 4 fully saturated rings. The zero-order valence-corrected chi connectivity index (χ0v) is 23.3. The number of piperidine rings is 1. The van der Waals surface area contributed by atoms with Gasteiger partial charge in [0.25, 0.3) is 0 Å². The molecule has 3 aliphatic heterocycles. The second-order valence-corrected chi connectivity index (χ2v) is 18.1. The summed E-state index contributed by atoms with van der Waals surface area (Å²) >= 11 is 0. The van der Waals surface area contributed by atoms with Crippen LogP contribution in [0.2, 0.25) is 18.1 Å². The summed E-state index contributed by atoms with van der Waals surface area (Å²) in [5, 5.41) is 20.7. The summed E-state index contributed by atoms with van der Waals surface area (Å²) in [6, 6.07) is -0.290. The van der Waals surface area contributed by atoms with Crippen LogP contribution in [-0.4, -0.2) is 67.4 Å². The SMILES string of the molecule is CC(C)NC(=O)N[C@]12CCC/C1=C/[C@@]1(CO)[C@@H](O[Si](C)(C)C(C)(C)C)CC[C@]13NC(=O)[C@H]2[C@H]1O[C@H]13. The Hall–Kier alpha value is -1.42. The molecule has 196 valence electrons. The Kier molecular flexibility index (Phi) is 5.62. The molecule has 4 N–H and O–H groups in total. The molecular formula is C26H43N3O5Si. The van der Waals surface area contributed by atoms with E-state index in [-0.39, 0.29) is 47.9 Å². The molecule has 6 rings (SSSR count). The van der Waals surface area contributed by atoms with Crippen molar-refractivity contribution in [2.75, 3.05) is 6.61 Å². The maximum absolute atomic E-state index is 13.9. The van der Waals surface area contributed by atoms with Crippen LogP contribution < -0.4 is 16.0 Å². The highest BCUT2D eigenvalue weighted by Crippen LogP contribution is 2.64. The third kappa shape index (κ3) is 3.41. The van der Waals surface area contributed by atoms with Gasteiger partial charge in [-0.1, -0.05) is 26.8 Å². The molecule has 3 heterocycles. The highest BCUT2D eigenvalue weighted by Gasteiger charge is 2.78. The van der Waals surface area contributed by atoms with E-state index in [1.54, 1.807) is 0 Å². The smallest absolute Gasteiger partial charge is 0.315 e. The first-order chi connectivity index (χ1) is 16.2. The number of nitrogens with one attached hydrogen (secondary N) is 3. The number of urea groups is 1. The number of aliphatic hydroxyl groups excluding tert-OH is 1. The minimum atomic E-state index is -2.17. The molecule has 2 saturated heterocycles. The van der Waals surface area contributed by atoms with Crippen LogP contribution in [0.15, 0.2) is 11.6 Å². The molecule has 0 aromatic heterocycles. The average molecular weight is 506 g/mol. The maximum Gasteiger partial charge on any atom is 0.315 e. The largest absolute Gasteiger partial charge is 0.413 e. The van der Waals surface area contributed by atoms with E-state index >= 15 is 0 Å². The van der Waals surface area contributed by atoms with Crippen molar-refractivity contribution in [3.8, 4) is 0 Å². The van der Waals surface area contributed by atoms with Crippen molar-refractivity contribution < 1.29 is 23.9 Å². The molecule has 9 heteroatoms. The van der Waals surface area contributed by atoms with Crippen molar-refractivity contribution in [1.29, 1.82) is 0 Å². The molecule has 6 aliphatic rings. The summed E-state index contributed by atoms with van der Waals surface area (Å²) in [5.74, 6) is -0.547. The Morgan fingerprint density at radius 2 is 2.06 bits per heavy atom. The molecular weight excluding hydrogens is 462 g/mol. The molecule has 0 aromatic rings. The summed E-state index contributed by atoms with van der Waals surface area (Å²) in [7, 11) is -2.17. The van der Waals surface area contributed by atoms with Crippen molar-refractivity contribution in [1.82, 2.24) is 16.0 Å². The van der Waals surface area contributed by atoms with Crippen molar-refractivity contribution >= 4 is 20.3 Å². The van der Waals surface area contributed by atoms with Crippen LogP contribution in [0.1, 0.15) is 66.7 Å². The molecule has 2 saturated carbocycles. The van der Waals surface area contributed by atoms with Gasteiger partial charge in [0.2, 0.25) is 5.91 Å². The number of carbonyl (C=O) groups is 2. The van der Waals surface area contributed by atoms with Crippen LogP contribution in [-0.2, 0) is 14.0 Å². The summed E-state index contributed by atoms with van der Waals surface area (Å²) in [6.07, 6.45) is 5.33. The summed E-state index contributed by atoms with van der Waals surface area (Å²) < 4.78 is 13.3. The van der Waals surface area contributed by atoms with Crippen LogP contribution in [0.4, 0.5) is 4.79 Å². The van der Waals surface area contributed by atoms with E-state index < -0.39 is 30.7 Å². The highest BCUT2D eigenvalue weighted by molar-refractivity contribution is 6.74. The van der Waals surface area contributed by atoms with Crippen molar-refractivity contribution in [2.45, 2.75) is 120 Å². The first-order valence-corrected chi connectivity index (χ1v) is 16.2. The maximum atomic E-state index is 13.9. The summed E-state index contributed by atoms with van der Waals surface area (Å²) in [5.41, 5.74) is -1.25. The van der Waals surface area contributed by atoms with Gasteiger partial charge in [-0.25, -0.2) is 4.79 Å². The first-order valence-electron chi connectivity index (χ1n) is 13.3. The summed E-state index contributed by atoms with van der Waals surface area (Å²) in [6.45, 7) is 14.8. The number of hydrogen-bond donors (Lipinski definition) is 4. The lowest BCUT2D eigenvalue weighted by molar-refractivity contribution is -0.134. The molecule has 8 nitrogen and oxygen atoms in total. The predicted molar refractivity (Wildman–Crippen MR) is 135 cm³/mol. The van der Waals surface area contributed by atoms with Gasteiger partial charge in [-0.2, -0.15) is 0 Å². The van der Waals surface area contributed by atoms with E-state index in [2.05, 4.69) is 55.9 Å². The lowest BCUT2D eigenvalue weighted by atomic mass is 9.59. The molecule has 0 unspecified atom stereocenters. The minimum Gasteiger partial charge on any atom is -0.413 e. The van der Waals surface area contributed by atoms with Gasteiger partial charge < -0.3 is 30.2 Å². The topological polar surface area (TPSA) is 112 Å². The first kappa shape index (κ1) is 25.2. The molecule has 0 radical (unpaired) electrons. The van der Waals surface area contributed by atoms with Crippen molar-refractivity contribution in [3.05, 3.63) is 11.6 Å². The summed E-state index contributed by atoms with van der Waals surface area (Å²) in [4.78, 5) is 26.9. The van der Waals surface area contributed by atoms with Gasteiger partial charge in [-0.3, -0.25) is 4.79 Å². The molecule has 2 bridgehead atoms. The number of aliphatic hydroxyl groups is 1. The van der Waals surface area contributed by atoms with E-state index in [0.717, 1.165) is 24.8 Å².